The van der Waals surface area contributed by atoms with Crippen LogP contribution in [0.4, 0.5) is 4.39 Å². The summed E-state index contributed by atoms with van der Waals surface area (Å²) in [5, 5.41) is -0.429. The number of hydrogen-bond acceptors (Lipinski definition) is 8. The van der Waals surface area contributed by atoms with Crippen molar-refractivity contribution in [2.75, 3.05) is 5.75 Å². The van der Waals surface area contributed by atoms with Crippen molar-refractivity contribution >= 4 is 19.9 Å². The van der Waals surface area contributed by atoms with Crippen molar-refractivity contribution in [2.45, 2.75) is 80.7 Å². The molecule has 0 spiro atoms. The third-order valence-corrected chi connectivity index (χ3v) is 11.2. The Kier molecular flexibility index (Phi) is 6.25. The van der Waals surface area contributed by atoms with E-state index >= 15 is 0 Å². The van der Waals surface area contributed by atoms with E-state index in [1.165, 1.54) is 18.5 Å². The summed E-state index contributed by atoms with van der Waals surface area (Å²) < 4.78 is 77.8. The van der Waals surface area contributed by atoms with Gasteiger partial charge in [0.1, 0.15) is 12.4 Å². The lowest BCUT2D eigenvalue weighted by Gasteiger charge is -2.37. The zero-order valence-electron chi connectivity index (χ0n) is 19.6. The van der Waals surface area contributed by atoms with E-state index in [0.29, 0.717) is 37.1 Å². The maximum Gasteiger partial charge on any atom is 0.229 e. The molecule has 0 radical (unpaired) electrons. The summed E-state index contributed by atoms with van der Waals surface area (Å²) in [6.45, 7) is 3.35. The van der Waals surface area contributed by atoms with Gasteiger partial charge < -0.3 is 9.47 Å². The highest BCUT2D eigenvalue weighted by Crippen LogP contribution is 2.40. The molecule has 9 nitrogen and oxygen atoms in total. The summed E-state index contributed by atoms with van der Waals surface area (Å²) in [6.07, 6.45) is 5.01. The van der Waals surface area contributed by atoms with Crippen LogP contribution in [0, 0.1) is 12.7 Å². The van der Waals surface area contributed by atoms with Gasteiger partial charge in [-0.05, 0) is 57.7 Å². The number of rotatable bonds is 8. The fraction of sp³-hybridized carbons (Fsp3) is 0.565. The van der Waals surface area contributed by atoms with Crippen molar-refractivity contribution in [3.63, 3.8) is 0 Å². The summed E-state index contributed by atoms with van der Waals surface area (Å²) >= 11 is 0. The number of fused-ring (bicyclic) bond motifs is 2. The van der Waals surface area contributed by atoms with Crippen LogP contribution in [-0.2, 0) is 19.9 Å². The fourth-order valence-electron chi connectivity index (χ4n) is 5.00. The summed E-state index contributed by atoms with van der Waals surface area (Å²) in [7, 11) is -6.77. The van der Waals surface area contributed by atoms with Crippen molar-refractivity contribution < 1.29 is 30.7 Å². The number of hydrogen-bond donors (Lipinski definition) is 0. The van der Waals surface area contributed by atoms with E-state index in [4.69, 9.17) is 9.47 Å². The van der Waals surface area contributed by atoms with Crippen molar-refractivity contribution in [3.8, 4) is 17.5 Å². The van der Waals surface area contributed by atoms with Crippen LogP contribution >= 0.6 is 0 Å². The van der Waals surface area contributed by atoms with E-state index in [0.717, 1.165) is 18.9 Å². The van der Waals surface area contributed by atoms with Gasteiger partial charge in [-0.25, -0.2) is 31.2 Å². The second-order valence-corrected chi connectivity index (χ2v) is 13.8. The maximum absolute atomic E-state index is 14.7. The molecule has 3 aliphatic rings. The van der Waals surface area contributed by atoms with Crippen molar-refractivity contribution in [2.24, 2.45) is 0 Å². The molecule has 2 saturated heterocycles. The molecular weight excluding hydrogens is 497 g/mol. The number of sulfone groups is 1. The third-order valence-electron chi connectivity index (χ3n) is 6.98. The number of benzene rings is 1. The Hall–Kier alpha value is -2.31. The van der Waals surface area contributed by atoms with Gasteiger partial charge in [0.05, 0.1) is 21.5 Å². The topological polar surface area (TPSA) is 116 Å². The first-order chi connectivity index (χ1) is 16.6. The second-order valence-electron chi connectivity index (χ2n) is 9.37. The van der Waals surface area contributed by atoms with E-state index in [1.807, 2.05) is 0 Å². The highest BCUT2D eigenvalue weighted by atomic mass is 32.2. The zero-order chi connectivity index (χ0) is 25.0. The molecular formula is C23H28FN3O6S2. The van der Waals surface area contributed by atoms with E-state index in [2.05, 4.69) is 9.97 Å². The molecule has 1 aromatic carbocycles. The Balaban J connectivity index is 1.30. The highest BCUT2D eigenvalue weighted by molar-refractivity contribution is 7.92. The number of nitrogens with zero attached hydrogens (tertiary/aromatic N) is 3. The van der Waals surface area contributed by atoms with Gasteiger partial charge >= 0.3 is 0 Å². The van der Waals surface area contributed by atoms with Gasteiger partial charge in [-0.15, -0.1) is 0 Å². The van der Waals surface area contributed by atoms with Crippen molar-refractivity contribution in [1.29, 1.82) is 0 Å². The fourth-order valence-corrected chi connectivity index (χ4v) is 8.25. The van der Waals surface area contributed by atoms with Gasteiger partial charge in [-0.2, -0.15) is 4.31 Å². The molecule has 2 aromatic rings. The van der Waals surface area contributed by atoms with Gasteiger partial charge in [0.2, 0.25) is 21.8 Å². The SMILES string of the molecule is CCS(=O)(=O)N1C2CCC1CC(Oc1ncnc(Oc3ccc(S(=O)(=O)C4CC4)cc3F)c1C)C2. The number of piperidine rings is 1. The van der Waals surface area contributed by atoms with Gasteiger partial charge in [0.15, 0.2) is 21.4 Å². The average molecular weight is 526 g/mol. The molecule has 5 rings (SSSR count). The van der Waals surface area contributed by atoms with Crippen LogP contribution in [0.25, 0.3) is 0 Å². The van der Waals surface area contributed by atoms with E-state index in [1.54, 1.807) is 18.2 Å². The molecule has 2 unspecified atom stereocenters. The normalized spacial score (nSPS) is 24.9. The lowest BCUT2D eigenvalue weighted by atomic mass is 10.0. The molecule has 1 aliphatic carbocycles. The van der Waals surface area contributed by atoms with Crippen molar-refractivity contribution in [1.82, 2.24) is 14.3 Å². The van der Waals surface area contributed by atoms with Gasteiger partial charge in [0, 0.05) is 24.9 Å². The van der Waals surface area contributed by atoms with Gasteiger partial charge in [-0.1, -0.05) is 0 Å². The van der Waals surface area contributed by atoms with Gasteiger partial charge in [0.25, 0.3) is 0 Å². The Bertz CT molecular complexity index is 1330. The summed E-state index contributed by atoms with van der Waals surface area (Å²) in [5.74, 6) is -0.474. The number of sulfonamides is 1. The second kappa shape index (κ2) is 8.97. The summed E-state index contributed by atoms with van der Waals surface area (Å²) in [6, 6.07) is 3.44. The summed E-state index contributed by atoms with van der Waals surface area (Å²) in [4.78, 5) is 8.24. The van der Waals surface area contributed by atoms with E-state index in [-0.39, 0.29) is 40.5 Å². The molecule has 35 heavy (non-hydrogen) atoms. The Morgan fingerprint density at radius 1 is 1.03 bits per heavy atom. The predicted octanol–water partition coefficient (Wildman–Crippen LogP) is 3.38. The highest BCUT2D eigenvalue weighted by Gasteiger charge is 2.47. The van der Waals surface area contributed by atoms with Crippen LogP contribution in [0.15, 0.2) is 29.4 Å². The molecule has 12 heteroatoms. The van der Waals surface area contributed by atoms with Crippen LogP contribution in [0.1, 0.15) is 51.0 Å². The standard InChI is InChI=1S/C23H28FN3O6S2/c1-3-34(28,29)27-15-4-5-16(27)11-17(10-15)32-22-14(2)23(26-13-25-22)33-21-9-8-19(12-20(21)24)35(30,31)18-6-7-18/h8-9,12-13,15-18H,3-7,10-11H2,1-2H3. The third kappa shape index (κ3) is 4.63. The first-order valence-electron chi connectivity index (χ1n) is 11.8. The molecule has 1 aromatic heterocycles. The van der Waals surface area contributed by atoms with Crippen LogP contribution in [0.5, 0.6) is 17.5 Å². The lowest BCUT2D eigenvalue weighted by Crippen LogP contribution is -2.49. The maximum atomic E-state index is 14.7. The predicted molar refractivity (Wildman–Crippen MR) is 125 cm³/mol. The number of halogens is 1. The van der Waals surface area contributed by atoms with E-state index in [9.17, 15) is 21.2 Å². The minimum absolute atomic E-state index is 0.0562. The monoisotopic (exact) mass is 525 g/mol. The smallest absolute Gasteiger partial charge is 0.229 e. The van der Waals surface area contributed by atoms with Crippen LogP contribution < -0.4 is 9.47 Å². The first-order valence-corrected chi connectivity index (χ1v) is 15.0. The Morgan fingerprint density at radius 3 is 2.29 bits per heavy atom. The van der Waals surface area contributed by atoms with E-state index < -0.39 is 30.9 Å². The molecule has 1 saturated carbocycles. The van der Waals surface area contributed by atoms with Crippen molar-refractivity contribution in [3.05, 3.63) is 35.9 Å². The molecule has 0 N–H and O–H groups in total. The molecule has 2 aliphatic heterocycles. The number of ether oxygens (including phenoxy) is 2. The molecule has 2 bridgehead atoms. The minimum Gasteiger partial charge on any atom is -0.474 e. The molecule has 2 atom stereocenters. The quantitative estimate of drug-likeness (QED) is 0.515. The lowest BCUT2D eigenvalue weighted by molar-refractivity contribution is 0.0908. The Morgan fingerprint density at radius 2 is 1.69 bits per heavy atom. The Labute approximate surface area is 204 Å². The summed E-state index contributed by atoms with van der Waals surface area (Å²) in [5.41, 5.74) is 0.470. The van der Waals surface area contributed by atoms with Gasteiger partial charge in [-0.3, -0.25) is 0 Å². The molecule has 190 valence electrons. The largest absolute Gasteiger partial charge is 0.474 e. The van der Waals surface area contributed by atoms with Crippen LogP contribution in [0.2, 0.25) is 0 Å². The molecule has 0 amide bonds. The number of aromatic nitrogens is 2. The zero-order valence-corrected chi connectivity index (χ0v) is 21.2. The minimum atomic E-state index is -3.51. The van der Waals surface area contributed by atoms with Crippen LogP contribution in [0.3, 0.4) is 0 Å². The molecule has 3 fully saturated rings. The van der Waals surface area contributed by atoms with Crippen LogP contribution in [-0.4, -0.2) is 60.3 Å². The molecule has 3 heterocycles. The average Bonchev–Trinajstić information content (AvgIpc) is 3.63. The first kappa shape index (κ1) is 24.4.